The van der Waals surface area contributed by atoms with Crippen LogP contribution in [0.4, 0.5) is 0 Å². The molecule has 3 rings (SSSR count). The number of carbonyl (C=O) groups is 3. The highest BCUT2D eigenvalue weighted by atomic mass is 32.2. The Morgan fingerprint density at radius 2 is 2.03 bits per heavy atom. The number of amides is 2. The van der Waals surface area contributed by atoms with Crippen molar-refractivity contribution in [3.8, 4) is 0 Å². The second kappa shape index (κ2) is 12.8. The average molecular weight is 535 g/mol. The highest BCUT2D eigenvalue weighted by Crippen LogP contribution is 2.69. The zero-order chi connectivity index (χ0) is 27.3. The molecule has 0 aliphatic carbocycles. The SMILES string of the molecule is C=CCCCOC(=O)[C@@H]1[C@@H]2CC(C)C3(S2)C(C(=O)N(CC=C)CCCC)N([C@@H](CO)CC(C)C)C(=O)[C@H]13. The summed E-state index contributed by atoms with van der Waals surface area (Å²) in [5.74, 6) is -1.48. The molecule has 0 radical (unpaired) electrons. The van der Waals surface area contributed by atoms with E-state index in [2.05, 4.69) is 40.9 Å². The third-order valence-electron chi connectivity index (χ3n) is 8.28. The van der Waals surface area contributed by atoms with Crippen molar-refractivity contribution >= 4 is 29.5 Å². The maximum absolute atomic E-state index is 14.4. The van der Waals surface area contributed by atoms with Gasteiger partial charge in [-0.25, -0.2) is 0 Å². The van der Waals surface area contributed by atoms with Gasteiger partial charge in [-0.1, -0.05) is 46.3 Å². The van der Waals surface area contributed by atoms with Gasteiger partial charge < -0.3 is 19.6 Å². The monoisotopic (exact) mass is 534 g/mol. The van der Waals surface area contributed by atoms with Crippen LogP contribution in [0.15, 0.2) is 25.3 Å². The highest BCUT2D eigenvalue weighted by Gasteiger charge is 2.77. The first kappa shape index (κ1) is 29.8. The molecule has 37 heavy (non-hydrogen) atoms. The predicted molar refractivity (Wildman–Crippen MR) is 148 cm³/mol. The number of aliphatic hydroxyl groups is 1. The number of esters is 1. The fourth-order valence-electron chi connectivity index (χ4n) is 6.69. The maximum atomic E-state index is 14.4. The molecule has 3 saturated heterocycles. The minimum absolute atomic E-state index is 0.0468. The van der Waals surface area contributed by atoms with Crippen molar-refractivity contribution in [2.75, 3.05) is 26.3 Å². The smallest absolute Gasteiger partial charge is 0.310 e. The Morgan fingerprint density at radius 1 is 1.30 bits per heavy atom. The van der Waals surface area contributed by atoms with Gasteiger partial charge in [-0.3, -0.25) is 14.4 Å². The number of hydrogen-bond acceptors (Lipinski definition) is 6. The lowest BCUT2D eigenvalue weighted by Crippen LogP contribution is -2.59. The zero-order valence-corrected chi connectivity index (χ0v) is 23.9. The predicted octanol–water partition coefficient (Wildman–Crippen LogP) is 4.05. The number of rotatable bonds is 15. The maximum Gasteiger partial charge on any atom is 0.310 e. The number of likely N-dealkylation sites (tertiary alicyclic amines) is 1. The van der Waals surface area contributed by atoms with Gasteiger partial charge in [0, 0.05) is 18.3 Å². The van der Waals surface area contributed by atoms with Crippen LogP contribution in [-0.2, 0) is 19.1 Å². The van der Waals surface area contributed by atoms with E-state index in [4.69, 9.17) is 4.74 Å². The largest absolute Gasteiger partial charge is 0.465 e. The number of fused-ring (bicyclic) bond motifs is 1. The number of ether oxygens (including phenoxy) is 1. The van der Waals surface area contributed by atoms with Gasteiger partial charge >= 0.3 is 5.97 Å². The van der Waals surface area contributed by atoms with E-state index in [-0.39, 0.29) is 41.5 Å². The average Bonchev–Trinajstić information content (AvgIpc) is 3.46. The van der Waals surface area contributed by atoms with Crippen LogP contribution in [0.3, 0.4) is 0 Å². The van der Waals surface area contributed by atoms with E-state index in [1.165, 1.54) is 0 Å². The van der Waals surface area contributed by atoms with Crippen LogP contribution in [0.2, 0.25) is 0 Å². The minimum atomic E-state index is -0.721. The fourth-order valence-corrected chi connectivity index (χ4v) is 9.08. The normalized spacial score (nSPS) is 30.9. The number of unbranched alkanes of at least 4 members (excludes halogenated alkanes) is 2. The fraction of sp³-hybridized carbons (Fsp3) is 0.759. The second-order valence-corrected chi connectivity index (χ2v) is 12.8. The molecular weight excluding hydrogens is 488 g/mol. The molecule has 3 unspecified atom stereocenters. The van der Waals surface area contributed by atoms with E-state index in [0.29, 0.717) is 32.5 Å². The lowest BCUT2D eigenvalue weighted by atomic mass is 9.66. The lowest BCUT2D eigenvalue weighted by molar-refractivity contribution is -0.155. The zero-order valence-electron chi connectivity index (χ0n) is 23.1. The van der Waals surface area contributed by atoms with E-state index in [1.807, 2.05) is 4.90 Å². The van der Waals surface area contributed by atoms with Crippen molar-refractivity contribution in [1.82, 2.24) is 9.80 Å². The van der Waals surface area contributed by atoms with Crippen LogP contribution in [0, 0.1) is 23.7 Å². The molecule has 7 atom stereocenters. The third-order valence-corrected chi connectivity index (χ3v) is 10.4. The van der Waals surface area contributed by atoms with E-state index < -0.39 is 28.7 Å². The number of hydrogen-bond donors (Lipinski definition) is 1. The summed E-state index contributed by atoms with van der Waals surface area (Å²) in [6, 6.07) is -1.20. The van der Waals surface area contributed by atoms with Gasteiger partial charge in [-0.2, -0.15) is 0 Å². The molecule has 1 N–H and O–H groups in total. The van der Waals surface area contributed by atoms with Crippen LogP contribution < -0.4 is 0 Å². The van der Waals surface area contributed by atoms with Gasteiger partial charge in [0.1, 0.15) is 6.04 Å². The third kappa shape index (κ3) is 5.51. The van der Waals surface area contributed by atoms with Crippen LogP contribution in [0.25, 0.3) is 0 Å². The standard InChI is InChI=1S/C29H46N2O5S/c1-7-10-12-15-36-28(35)23-22-17-20(6)29(37-22)24(23)26(33)31(21(18-32)16-19(4)5)25(29)27(34)30(13-9-3)14-11-8-2/h7,9,19-25,32H,1,3,8,10-18H2,2,4-6H3/t20?,21-,22+,23-,24+,25?,29?/m1/s1. The van der Waals surface area contributed by atoms with Crippen LogP contribution >= 0.6 is 11.8 Å². The summed E-state index contributed by atoms with van der Waals surface area (Å²) in [4.78, 5) is 45.5. The number of allylic oxidation sites excluding steroid dienone is 1. The van der Waals surface area contributed by atoms with Crippen LogP contribution in [-0.4, -0.2) is 81.1 Å². The Kier molecular flexibility index (Phi) is 10.3. The van der Waals surface area contributed by atoms with Gasteiger partial charge in [0.25, 0.3) is 0 Å². The molecule has 0 saturated carbocycles. The number of thioether (sulfide) groups is 1. The molecule has 3 fully saturated rings. The lowest BCUT2D eigenvalue weighted by Gasteiger charge is -2.42. The molecule has 8 heteroatoms. The molecule has 2 bridgehead atoms. The van der Waals surface area contributed by atoms with E-state index >= 15 is 0 Å². The van der Waals surface area contributed by atoms with E-state index in [0.717, 1.165) is 25.7 Å². The Bertz CT molecular complexity index is 863. The summed E-state index contributed by atoms with van der Waals surface area (Å²) < 4.78 is 4.95. The molecule has 0 aromatic heterocycles. The molecule has 0 aromatic carbocycles. The van der Waals surface area contributed by atoms with E-state index in [9.17, 15) is 19.5 Å². The summed E-state index contributed by atoms with van der Waals surface area (Å²) in [5, 5.41) is 10.4. The van der Waals surface area contributed by atoms with Crippen molar-refractivity contribution in [2.45, 2.75) is 88.3 Å². The van der Waals surface area contributed by atoms with E-state index in [1.54, 1.807) is 28.8 Å². The minimum Gasteiger partial charge on any atom is -0.465 e. The van der Waals surface area contributed by atoms with Crippen molar-refractivity contribution in [3.05, 3.63) is 25.3 Å². The topological polar surface area (TPSA) is 87.2 Å². The number of nitrogens with zero attached hydrogens (tertiary/aromatic N) is 2. The Labute approximate surface area is 227 Å². The number of carbonyl (C=O) groups excluding carboxylic acids is 3. The van der Waals surface area contributed by atoms with Crippen molar-refractivity contribution in [3.63, 3.8) is 0 Å². The Balaban J connectivity index is 2.04. The van der Waals surface area contributed by atoms with Gasteiger partial charge in [0.2, 0.25) is 11.8 Å². The Hall–Kier alpha value is -1.80. The van der Waals surface area contributed by atoms with Gasteiger partial charge in [0.05, 0.1) is 35.8 Å². The first-order valence-corrected chi connectivity index (χ1v) is 14.8. The number of aliphatic hydroxyl groups excluding tert-OH is 1. The molecule has 208 valence electrons. The first-order chi connectivity index (χ1) is 17.7. The van der Waals surface area contributed by atoms with Crippen LogP contribution in [0.5, 0.6) is 0 Å². The van der Waals surface area contributed by atoms with Crippen molar-refractivity contribution < 1.29 is 24.2 Å². The van der Waals surface area contributed by atoms with Crippen LogP contribution in [0.1, 0.15) is 66.2 Å². The molecule has 0 aromatic rings. The van der Waals surface area contributed by atoms with Gasteiger partial charge in [-0.15, -0.1) is 24.9 Å². The molecule has 3 aliphatic heterocycles. The molecule has 7 nitrogen and oxygen atoms in total. The van der Waals surface area contributed by atoms with Gasteiger partial charge in [-0.05, 0) is 43.9 Å². The highest BCUT2D eigenvalue weighted by molar-refractivity contribution is 8.02. The summed E-state index contributed by atoms with van der Waals surface area (Å²) >= 11 is 1.65. The molecule has 3 aliphatic rings. The van der Waals surface area contributed by atoms with Crippen molar-refractivity contribution in [1.29, 1.82) is 0 Å². The molecule has 3 heterocycles. The summed E-state index contributed by atoms with van der Waals surface area (Å²) in [6.45, 7) is 17.0. The summed E-state index contributed by atoms with van der Waals surface area (Å²) in [5.41, 5.74) is 0. The Morgan fingerprint density at radius 3 is 2.62 bits per heavy atom. The quantitative estimate of drug-likeness (QED) is 0.194. The van der Waals surface area contributed by atoms with Gasteiger partial charge in [0.15, 0.2) is 0 Å². The second-order valence-electron chi connectivity index (χ2n) is 11.3. The van der Waals surface area contributed by atoms with Crippen molar-refractivity contribution in [2.24, 2.45) is 23.7 Å². The molecule has 1 spiro atoms. The molecular formula is C29H46N2O5S. The summed E-state index contributed by atoms with van der Waals surface area (Å²) in [7, 11) is 0. The first-order valence-electron chi connectivity index (χ1n) is 14.0. The summed E-state index contributed by atoms with van der Waals surface area (Å²) in [6.07, 6.45) is 8.14. The molecule has 2 amide bonds.